The van der Waals surface area contributed by atoms with Crippen molar-refractivity contribution in [3.8, 4) is 5.75 Å². The van der Waals surface area contributed by atoms with Crippen LogP contribution in [0.15, 0.2) is 24.3 Å². The fraction of sp³-hybridized carbons (Fsp3) is 0.727. The molecule has 3 nitrogen and oxygen atoms in total. The van der Waals surface area contributed by atoms with Gasteiger partial charge in [0.1, 0.15) is 5.75 Å². The first-order chi connectivity index (χ1) is 12.3. The molecule has 0 spiro atoms. The van der Waals surface area contributed by atoms with Gasteiger partial charge >= 0.3 is 0 Å². The summed E-state index contributed by atoms with van der Waals surface area (Å²) < 4.78 is 5.61. The number of hydrogen-bond donors (Lipinski definition) is 1. The van der Waals surface area contributed by atoms with E-state index < -0.39 is 0 Å². The number of methoxy groups -OCH3 is 1. The van der Waals surface area contributed by atoms with Crippen LogP contribution in [0.1, 0.15) is 62.8 Å². The molecule has 1 N–H and O–H groups in total. The summed E-state index contributed by atoms with van der Waals surface area (Å²) in [5, 5.41) is 3.86. The lowest BCUT2D eigenvalue weighted by Crippen LogP contribution is -2.56. The van der Waals surface area contributed by atoms with E-state index in [0.29, 0.717) is 12.0 Å². The van der Waals surface area contributed by atoms with Crippen LogP contribution in [0.4, 0.5) is 0 Å². The standard InChI is InChI=1S/C22H34N2O/c1-25-22-10-6-5-9-20(22)17-11-12-18(15-17)21-16-24(14-13-23-21)19-7-3-2-4-8-19/h5-6,9-10,17-19,21,23H,2-4,7-8,11-16H2,1H3/t17-,18-,21?/m1/s1. The van der Waals surface area contributed by atoms with Gasteiger partial charge in [-0.2, -0.15) is 0 Å². The second-order valence-electron chi connectivity index (χ2n) is 8.36. The van der Waals surface area contributed by atoms with Gasteiger partial charge in [0.15, 0.2) is 0 Å². The average Bonchev–Trinajstić information content (AvgIpc) is 3.19. The van der Waals surface area contributed by atoms with Crippen molar-refractivity contribution in [1.29, 1.82) is 0 Å². The molecule has 0 radical (unpaired) electrons. The number of rotatable bonds is 4. The molecule has 138 valence electrons. The molecule has 3 atom stereocenters. The Bertz CT molecular complexity index is 555. The number of nitrogens with one attached hydrogen (secondary N) is 1. The zero-order chi connectivity index (χ0) is 17.1. The SMILES string of the molecule is COc1ccccc1[C@@H]1CC[C@@H](C2CN(C3CCCCC3)CCN2)C1. The third kappa shape index (κ3) is 3.88. The van der Waals surface area contributed by atoms with Crippen molar-refractivity contribution < 1.29 is 4.74 Å². The molecule has 3 heteroatoms. The molecule has 1 aliphatic heterocycles. The quantitative estimate of drug-likeness (QED) is 0.888. The van der Waals surface area contributed by atoms with Crippen molar-refractivity contribution in [2.24, 2.45) is 5.92 Å². The highest BCUT2D eigenvalue weighted by atomic mass is 16.5. The molecular weight excluding hydrogens is 308 g/mol. The fourth-order valence-electron chi connectivity index (χ4n) is 5.56. The van der Waals surface area contributed by atoms with Crippen LogP contribution in [0.2, 0.25) is 0 Å². The van der Waals surface area contributed by atoms with Crippen molar-refractivity contribution >= 4 is 0 Å². The zero-order valence-corrected chi connectivity index (χ0v) is 15.8. The summed E-state index contributed by atoms with van der Waals surface area (Å²) in [5.74, 6) is 2.57. The zero-order valence-electron chi connectivity index (χ0n) is 15.8. The molecule has 25 heavy (non-hydrogen) atoms. The molecule has 3 aliphatic rings. The first-order valence-corrected chi connectivity index (χ1v) is 10.5. The summed E-state index contributed by atoms with van der Waals surface area (Å²) in [5.41, 5.74) is 1.42. The van der Waals surface area contributed by atoms with Gasteiger partial charge in [-0.3, -0.25) is 4.90 Å². The molecule has 2 aliphatic carbocycles. The number of ether oxygens (including phenoxy) is 1. The normalized spacial score (nSPS) is 32.0. The fourth-order valence-corrected chi connectivity index (χ4v) is 5.56. The Morgan fingerprint density at radius 1 is 1.04 bits per heavy atom. The molecule has 1 unspecified atom stereocenters. The molecule has 0 aromatic heterocycles. The average molecular weight is 343 g/mol. The Balaban J connectivity index is 1.37. The number of nitrogens with zero attached hydrogens (tertiary/aromatic N) is 1. The summed E-state index contributed by atoms with van der Waals surface area (Å²) >= 11 is 0. The first-order valence-electron chi connectivity index (χ1n) is 10.5. The van der Waals surface area contributed by atoms with E-state index in [4.69, 9.17) is 4.74 Å². The summed E-state index contributed by atoms with van der Waals surface area (Å²) in [6.45, 7) is 3.70. The van der Waals surface area contributed by atoms with Crippen LogP contribution in [0.3, 0.4) is 0 Å². The highest BCUT2D eigenvalue weighted by Gasteiger charge is 2.36. The van der Waals surface area contributed by atoms with Crippen molar-refractivity contribution in [3.05, 3.63) is 29.8 Å². The van der Waals surface area contributed by atoms with Gasteiger partial charge in [0.2, 0.25) is 0 Å². The van der Waals surface area contributed by atoms with Gasteiger partial charge < -0.3 is 10.1 Å². The van der Waals surface area contributed by atoms with Crippen LogP contribution in [-0.4, -0.2) is 43.7 Å². The van der Waals surface area contributed by atoms with E-state index in [-0.39, 0.29) is 0 Å². The van der Waals surface area contributed by atoms with Gasteiger partial charge in [-0.15, -0.1) is 0 Å². The Labute approximate surface area is 153 Å². The van der Waals surface area contributed by atoms with E-state index in [1.165, 1.54) is 76.6 Å². The van der Waals surface area contributed by atoms with Gasteiger partial charge in [0.05, 0.1) is 7.11 Å². The largest absolute Gasteiger partial charge is 0.496 e. The minimum Gasteiger partial charge on any atom is -0.496 e. The number of piperazine rings is 1. The predicted molar refractivity (Wildman–Crippen MR) is 103 cm³/mol. The van der Waals surface area contributed by atoms with Crippen molar-refractivity contribution in [3.63, 3.8) is 0 Å². The van der Waals surface area contributed by atoms with Gasteiger partial charge in [-0.1, -0.05) is 37.5 Å². The van der Waals surface area contributed by atoms with Crippen LogP contribution in [0.25, 0.3) is 0 Å². The summed E-state index contributed by atoms with van der Waals surface area (Å²) in [4.78, 5) is 2.82. The highest BCUT2D eigenvalue weighted by Crippen LogP contribution is 2.43. The van der Waals surface area contributed by atoms with E-state index in [2.05, 4.69) is 34.5 Å². The van der Waals surface area contributed by atoms with Gasteiger partial charge in [0.25, 0.3) is 0 Å². The summed E-state index contributed by atoms with van der Waals surface area (Å²) in [6.07, 6.45) is 11.2. The topological polar surface area (TPSA) is 24.5 Å². The van der Waals surface area contributed by atoms with Crippen LogP contribution < -0.4 is 10.1 Å². The lowest BCUT2D eigenvalue weighted by atomic mass is 9.89. The number of hydrogen-bond acceptors (Lipinski definition) is 3. The smallest absolute Gasteiger partial charge is 0.122 e. The van der Waals surface area contributed by atoms with Gasteiger partial charge in [-0.25, -0.2) is 0 Å². The monoisotopic (exact) mass is 342 g/mol. The lowest BCUT2D eigenvalue weighted by molar-refractivity contribution is 0.0979. The van der Waals surface area contributed by atoms with Crippen molar-refractivity contribution in [2.75, 3.05) is 26.7 Å². The number of benzene rings is 1. The lowest BCUT2D eigenvalue weighted by Gasteiger charge is -2.42. The summed E-state index contributed by atoms with van der Waals surface area (Å²) in [7, 11) is 1.80. The minimum absolute atomic E-state index is 0.674. The molecule has 1 saturated heterocycles. The Morgan fingerprint density at radius 2 is 1.88 bits per heavy atom. The van der Waals surface area contributed by atoms with Crippen molar-refractivity contribution in [2.45, 2.75) is 69.4 Å². The van der Waals surface area contributed by atoms with Crippen LogP contribution in [-0.2, 0) is 0 Å². The molecule has 2 saturated carbocycles. The van der Waals surface area contributed by atoms with Gasteiger partial charge in [-0.05, 0) is 55.6 Å². The maximum absolute atomic E-state index is 5.61. The van der Waals surface area contributed by atoms with E-state index >= 15 is 0 Å². The second kappa shape index (κ2) is 8.09. The molecule has 1 heterocycles. The molecule has 4 rings (SSSR count). The van der Waals surface area contributed by atoms with E-state index in [0.717, 1.165) is 17.7 Å². The number of para-hydroxylation sites is 1. The third-order valence-corrected chi connectivity index (χ3v) is 6.95. The van der Waals surface area contributed by atoms with Crippen LogP contribution >= 0.6 is 0 Å². The molecule has 3 fully saturated rings. The van der Waals surface area contributed by atoms with Gasteiger partial charge in [0, 0.05) is 31.7 Å². The molecular formula is C22H34N2O. The maximum Gasteiger partial charge on any atom is 0.122 e. The van der Waals surface area contributed by atoms with Crippen LogP contribution in [0.5, 0.6) is 5.75 Å². The van der Waals surface area contributed by atoms with E-state index in [1.54, 1.807) is 7.11 Å². The van der Waals surface area contributed by atoms with E-state index in [1.807, 2.05) is 0 Å². The third-order valence-electron chi connectivity index (χ3n) is 6.95. The van der Waals surface area contributed by atoms with Crippen LogP contribution in [0, 0.1) is 5.92 Å². The Kier molecular flexibility index (Phi) is 5.62. The Morgan fingerprint density at radius 3 is 2.72 bits per heavy atom. The van der Waals surface area contributed by atoms with Crippen molar-refractivity contribution in [1.82, 2.24) is 10.2 Å². The molecule has 0 bridgehead atoms. The summed E-state index contributed by atoms with van der Waals surface area (Å²) in [6, 6.07) is 10.2. The predicted octanol–water partition coefficient (Wildman–Crippen LogP) is 4.19. The molecule has 0 amide bonds. The molecule has 1 aromatic rings. The highest BCUT2D eigenvalue weighted by molar-refractivity contribution is 5.36. The maximum atomic E-state index is 5.61. The Hall–Kier alpha value is -1.06. The second-order valence-corrected chi connectivity index (χ2v) is 8.36. The first kappa shape index (κ1) is 17.4. The molecule has 1 aromatic carbocycles. The minimum atomic E-state index is 0.674. The van der Waals surface area contributed by atoms with E-state index in [9.17, 15) is 0 Å².